The second-order valence-electron chi connectivity index (χ2n) is 2.93. The van der Waals surface area contributed by atoms with Crippen LogP contribution in [0.15, 0.2) is 43.0 Å². The molecule has 70 valence electrons. The topological polar surface area (TPSA) is 40.9 Å². The summed E-state index contributed by atoms with van der Waals surface area (Å²) >= 11 is 0. The van der Waals surface area contributed by atoms with Crippen LogP contribution in [0.25, 0.3) is 0 Å². The average Bonchev–Trinajstić information content (AvgIpc) is 2.26. The molecular formula is C12H11NO. The first-order valence-electron chi connectivity index (χ1n) is 4.38. The summed E-state index contributed by atoms with van der Waals surface area (Å²) < 4.78 is 0. The van der Waals surface area contributed by atoms with Gasteiger partial charge in [-0.15, -0.1) is 6.58 Å². The van der Waals surface area contributed by atoms with E-state index in [-0.39, 0.29) is 18.1 Å². The van der Waals surface area contributed by atoms with Gasteiger partial charge in [0.2, 0.25) is 0 Å². The lowest BCUT2D eigenvalue weighted by molar-refractivity contribution is 0.0947. The maximum Gasteiger partial charge on any atom is 0.170 e. The third kappa shape index (κ3) is 2.30. The van der Waals surface area contributed by atoms with Crippen molar-refractivity contribution in [3.05, 3.63) is 48.6 Å². The fourth-order valence-corrected chi connectivity index (χ4v) is 1.20. The molecule has 0 amide bonds. The number of hydrogen-bond donors (Lipinski definition) is 0. The lowest BCUT2D eigenvalue weighted by Gasteiger charge is -2.06. The Bertz CT molecular complexity index is 362. The number of benzene rings is 1. The Hall–Kier alpha value is -1.88. The van der Waals surface area contributed by atoms with Crippen molar-refractivity contribution >= 4 is 5.78 Å². The van der Waals surface area contributed by atoms with E-state index >= 15 is 0 Å². The first-order valence-corrected chi connectivity index (χ1v) is 4.38. The summed E-state index contributed by atoms with van der Waals surface area (Å²) in [6.45, 7) is 3.55. The van der Waals surface area contributed by atoms with Crippen molar-refractivity contribution in [2.24, 2.45) is 5.92 Å². The van der Waals surface area contributed by atoms with Crippen LogP contribution in [0.1, 0.15) is 16.8 Å². The summed E-state index contributed by atoms with van der Waals surface area (Å²) in [5.74, 6) is -0.426. The molecule has 1 aromatic rings. The minimum Gasteiger partial charge on any atom is -0.293 e. The molecule has 0 aromatic heterocycles. The van der Waals surface area contributed by atoms with E-state index < -0.39 is 0 Å². The molecule has 0 radical (unpaired) electrons. The van der Waals surface area contributed by atoms with Crippen LogP contribution < -0.4 is 0 Å². The van der Waals surface area contributed by atoms with Gasteiger partial charge < -0.3 is 0 Å². The molecule has 1 unspecified atom stereocenters. The van der Waals surface area contributed by atoms with E-state index in [1.807, 2.05) is 12.1 Å². The normalized spacial score (nSPS) is 11.4. The molecule has 0 saturated carbocycles. The van der Waals surface area contributed by atoms with E-state index in [9.17, 15) is 4.79 Å². The molecule has 1 atom stereocenters. The van der Waals surface area contributed by atoms with Gasteiger partial charge in [0.1, 0.15) is 0 Å². The predicted octanol–water partition coefficient (Wildman–Crippen LogP) is 2.59. The SMILES string of the molecule is C=CC(CC#N)C(=O)c1ccccc1. The average molecular weight is 185 g/mol. The molecule has 0 fully saturated rings. The van der Waals surface area contributed by atoms with Gasteiger partial charge in [0.15, 0.2) is 5.78 Å². The third-order valence-corrected chi connectivity index (χ3v) is 1.99. The Labute approximate surface area is 83.5 Å². The first-order chi connectivity index (χ1) is 6.79. The van der Waals surface area contributed by atoms with Crippen molar-refractivity contribution in [1.82, 2.24) is 0 Å². The zero-order chi connectivity index (χ0) is 10.4. The van der Waals surface area contributed by atoms with Gasteiger partial charge in [-0.05, 0) is 0 Å². The number of carbonyl (C=O) groups excluding carboxylic acids is 1. The van der Waals surface area contributed by atoms with E-state index in [0.717, 1.165) is 0 Å². The van der Waals surface area contributed by atoms with Gasteiger partial charge in [0.25, 0.3) is 0 Å². The van der Waals surface area contributed by atoms with Gasteiger partial charge in [-0.2, -0.15) is 5.26 Å². The van der Waals surface area contributed by atoms with Crippen LogP contribution in [0.5, 0.6) is 0 Å². The van der Waals surface area contributed by atoms with Gasteiger partial charge in [-0.1, -0.05) is 36.4 Å². The van der Waals surface area contributed by atoms with E-state index in [2.05, 4.69) is 6.58 Å². The Morgan fingerprint density at radius 3 is 2.64 bits per heavy atom. The van der Waals surface area contributed by atoms with E-state index in [1.165, 1.54) is 6.08 Å². The number of hydrogen-bond acceptors (Lipinski definition) is 2. The number of nitrogens with zero attached hydrogens (tertiary/aromatic N) is 1. The number of nitriles is 1. The van der Waals surface area contributed by atoms with Gasteiger partial charge in [0, 0.05) is 12.0 Å². The summed E-state index contributed by atoms with van der Waals surface area (Å²) in [5.41, 5.74) is 0.632. The molecule has 0 bridgehead atoms. The Morgan fingerprint density at radius 2 is 2.14 bits per heavy atom. The number of ketones is 1. The molecule has 1 rings (SSSR count). The Balaban J connectivity index is 2.84. The molecule has 0 saturated heterocycles. The van der Waals surface area contributed by atoms with Crippen molar-refractivity contribution in [3.8, 4) is 6.07 Å². The summed E-state index contributed by atoms with van der Waals surface area (Å²) in [6.07, 6.45) is 1.72. The molecule has 0 N–H and O–H groups in total. The number of rotatable bonds is 4. The maximum absolute atomic E-state index is 11.7. The lowest BCUT2D eigenvalue weighted by atomic mass is 9.95. The highest BCUT2D eigenvalue weighted by Gasteiger charge is 2.15. The smallest absolute Gasteiger partial charge is 0.170 e. The fourth-order valence-electron chi connectivity index (χ4n) is 1.20. The standard InChI is InChI=1S/C12H11NO/c1-2-10(8-9-13)12(14)11-6-4-3-5-7-11/h2-7,10H,1,8H2. The van der Waals surface area contributed by atoms with Crippen molar-refractivity contribution in [2.75, 3.05) is 0 Å². The largest absolute Gasteiger partial charge is 0.293 e. The van der Waals surface area contributed by atoms with Gasteiger partial charge in [-0.25, -0.2) is 0 Å². The van der Waals surface area contributed by atoms with E-state index in [0.29, 0.717) is 5.56 Å². The summed E-state index contributed by atoms with van der Waals surface area (Å²) in [6, 6.07) is 10.9. The van der Waals surface area contributed by atoms with E-state index in [1.54, 1.807) is 24.3 Å². The van der Waals surface area contributed by atoms with Gasteiger partial charge in [-0.3, -0.25) is 4.79 Å². The Morgan fingerprint density at radius 1 is 1.50 bits per heavy atom. The Kier molecular flexibility index (Phi) is 3.63. The molecule has 0 spiro atoms. The molecule has 2 nitrogen and oxygen atoms in total. The summed E-state index contributed by atoms with van der Waals surface area (Å²) in [7, 11) is 0. The van der Waals surface area contributed by atoms with Crippen LogP contribution in [0.3, 0.4) is 0 Å². The number of Topliss-reactive ketones (excluding diaryl/α,β-unsaturated/α-hetero) is 1. The molecular weight excluding hydrogens is 174 g/mol. The zero-order valence-corrected chi connectivity index (χ0v) is 7.81. The van der Waals surface area contributed by atoms with Crippen molar-refractivity contribution in [2.45, 2.75) is 6.42 Å². The highest BCUT2D eigenvalue weighted by molar-refractivity contribution is 5.98. The summed E-state index contributed by atoms with van der Waals surface area (Å²) in [4.78, 5) is 11.7. The number of carbonyl (C=O) groups is 1. The van der Waals surface area contributed by atoms with Crippen molar-refractivity contribution < 1.29 is 4.79 Å². The highest BCUT2D eigenvalue weighted by atomic mass is 16.1. The predicted molar refractivity (Wildman–Crippen MR) is 54.7 cm³/mol. The zero-order valence-electron chi connectivity index (χ0n) is 7.81. The summed E-state index contributed by atoms with van der Waals surface area (Å²) in [5, 5.41) is 8.51. The van der Waals surface area contributed by atoms with Crippen LogP contribution >= 0.6 is 0 Å². The fraction of sp³-hybridized carbons (Fsp3) is 0.167. The molecule has 0 heterocycles. The highest BCUT2D eigenvalue weighted by Crippen LogP contribution is 2.12. The van der Waals surface area contributed by atoms with Crippen LogP contribution in [-0.4, -0.2) is 5.78 Å². The molecule has 14 heavy (non-hydrogen) atoms. The van der Waals surface area contributed by atoms with Gasteiger partial charge in [0.05, 0.1) is 12.0 Å². The van der Waals surface area contributed by atoms with Crippen molar-refractivity contribution in [3.63, 3.8) is 0 Å². The monoisotopic (exact) mass is 185 g/mol. The molecule has 1 aromatic carbocycles. The van der Waals surface area contributed by atoms with Crippen molar-refractivity contribution in [1.29, 1.82) is 5.26 Å². The van der Waals surface area contributed by atoms with Gasteiger partial charge >= 0.3 is 0 Å². The van der Waals surface area contributed by atoms with E-state index in [4.69, 9.17) is 5.26 Å². The second-order valence-corrected chi connectivity index (χ2v) is 2.93. The maximum atomic E-state index is 11.7. The molecule has 0 aliphatic rings. The lowest BCUT2D eigenvalue weighted by Crippen LogP contribution is -2.11. The third-order valence-electron chi connectivity index (χ3n) is 1.99. The molecule has 2 heteroatoms. The molecule has 0 aliphatic heterocycles. The van der Waals surface area contributed by atoms with Crippen LogP contribution in [0, 0.1) is 17.2 Å². The first kappa shape index (κ1) is 10.2. The minimum absolute atomic E-state index is 0.0397. The number of allylic oxidation sites excluding steroid dienone is 1. The quantitative estimate of drug-likeness (QED) is 0.534. The van der Waals surface area contributed by atoms with Crippen LogP contribution in [0.2, 0.25) is 0 Å². The van der Waals surface area contributed by atoms with Crippen LogP contribution in [0.4, 0.5) is 0 Å². The molecule has 0 aliphatic carbocycles. The van der Waals surface area contributed by atoms with Crippen LogP contribution in [-0.2, 0) is 0 Å². The second kappa shape index (κ2) is 4.98. The minimum atomic E-state index is -0.387.